The van der Waals surface area contributed by atoms with E-state index >= 15 is 0 Å². The second-order valence-electron chi connectivity index (χ2n) is 6.54. The number of ether oxygens (including phenoxy) is 1. The normalized spacial score (nSPS) is 11.3. The second kappa shape index (κ2) is 10.1. The fourth-order valence-electron chi connectivity index (χ4n) is 2.42. The van der Waals surface area contributed by atoms with E-state index in [1.807, 2.05) is 0 Å². The summed E-state index contributed by atoms with van der Waals surface area (Å²) in [5, 5.41) is 7.84. The predicted octanol–water partition coefficient (Wildman–Crippen LogP) is 5.01. The van der Waals surface area contributed by atoms with E-state index in [4.69, 9.17) is 0 Å². The van der Waals surface area contributed by atoms with Crippen LogP contribution in [0.15, 0.2) is 42.5 Å². The Balaban J connectivity index is 1.94. The van der Waals surface area contributed by atoms with Crippen molar-refractivity contribution in [3.63, 3.8) is 0 Å². The number of halogens is 4. The lowest BCUT2D eigenvalue weighted by Gasteiger charge is -2.15. The van der Waals surface area contributed by atoms with Gasteiger partial charge in [-0.25, -0.2) is 13.6 Å². The van der Waals surface area contributed by atoms with Crippen molar-refractivity contribution in [2.24, 2.45) is 0 Å². The Bertz CT molecular complexity index is 907. The number of amides is 3. The van der Waals surface area contributed by atoms with Crippen LogP contribution in [0.1, 0.15) is 18.1 Å². The molecule has 2 aromatic rings. The van der Waals surface area contributed by atoms with Gasteiger partial charge in [0.05, 0.1) is 6.61 Å². The van der Waals surface area contributed by atoms with Gasteiger partial charge in [0.1, 0.15) is 6.61 Å². The van der Waals surface area contributed by atoms with Crippen LogP contribution in [-0.4, -0.2) is 30.9 Å². The van der Waals surface area contributed by atoms with E-state index in [0.29, 0.717) is 22.6 Å². The zero-order valence-electron chi connectivity index (χ0n) is 16.3. The van der Waals surface area contributed by atoms with Gasteiger partial charge in [-0.2, -0.15) is 8.78 Å². The molecule has 0 aromatic heterocycles. The molecule has 0 radical (unpaired) electrons. The number of aryl methyl sites for hydroxylation is 1. The van der Waals surface area contributed by atoms with E-state index in [1.165, 1.54) is 13.0 Å². The fourth-order valence-corrected chi connectivity index (χ4v) is 2.42. The SMILES string of the molecule is CC(=O)Nc1cc(NC(=O)Nc2cccc(COCC(F)(F)C(F)F)c2)ccc1C. The fraction of sp³-hybridized carbons (Fsp3) is 0.300. The Hall–Kier alpha value is -3.14. The highest BCUT2D eigenvalue weighted by atomic mass is 19.3. The number of benzene rings is 2. The Labute approximate surface area is 170 Å². The number of hydrogen-bond acceptors (Lipinski definition) is 3. The summed E-state index contributed by atoms with van der Waals surface area (Å²) in [6, 6.07) is 10.6. The average molecular weight is 427 g/mol. The summed E-state index contributed by atoms with van der Waals surface area (Å²) in [5.74, 6) is -4.47. The third-order valence-corrected chi connectivity index (χ3v) is 3.87. The van der Waals surface area contributed by atoms with Crippen molar-refractivity contribution in [1.29, 1.82) is 0 Å². The van der Waals surface area contributed by atoms with E-state index in [2.05, 4.69) is 20.7 Å². The number of hydrogen-bond donors (Lipinski definition) is 3. The molecule has 0 aliphatic heterocycles. The van der Waals surface area contributed by atoms with Crippen molar-refractivity contribution >= 4 is 29.0 Å². The quantitative estimate of drug-likeness (QED) is 0.518. The minimum Gasteiger partial charge on any atom is -0.370 e. The smallest absolute Gasteiger partial charge is 0.330 e. The van der Waals surface area contributed by atoms with Crippen molar-refractivity contribution in [2.45, 2.75) is 32.8 Å². The molecule has 0 fully saturated rings. The Morgan fingerprint density at radius 2 is 1.70 bits per heavy atom. The van der Waals surface area contributed by atoms with Gasteiger partial charge in [0.2, 0.25) is 5.91 Å². The molecule has 0 atom stereocenters. The molecular formula is C20H21F4N3O3. The van der Waals surface area contributed by atoms with E-state index < -0.39 is 25.0 Å². The summed E-state index contributed by atoms with van der Waals surface area (Å²) in [4.78, 5) is 23.4. The van der Waals surface area contributed by atoms with Gasteiger partial charge >= 0.3 is 18.4 Å². The van der Waals surface area contributed by atoms with Gasteiger partial charge in [0.15, 0.2) is 0 Å². The molecule has 30 heavy (non-hydrogen) atoms. The highest BCUT2D eigenvalue weighted by Crippen LogP contribution is 2.24. The van der Waals surface area contributed by atoms with Crippen LogP contribution in [0, 0.1) is 6.92 Å². The molecule has 0 unspecified atom stereocenters. The average Bonchev–Trinajstić information content (AvgIpc) is 2.64. The van der Waals surface area contributed by atoms with Gasteiger partial charge in [-0.1, -0.05) is 18.2 Å². The number of rotatable bonds is 8. The summed E-state index contributed by atoms with van der Waals surface area (Å²) in [7, 11) is 0. The van der Waals surface area contributed by atoms with E-state index in [0.717, 1.165) is 5.56 Å². The van der Waals surface area contributed by atoms with E-state index in [9.17, 15) is 27.2 Å². The molecule has 0 bridgehead atoms. The van der Waals surface area contributed by atoms with Crippen LogP contribution in [-0.2, 0) is 16.1 Å². The van der Waals surface area contributed by atoms with Crippen LogP contribution >= 0.6 is 0 Å². The van der Waals surface area contributed by atoms with Crippen molar-refractivity contribution in [1.82, 2.24) is 0 Å². The highest BCUT2D eigenvalue weighted by Gasteiger charge is 2.40. The first kappa shape index (κ1) is 23.1. The summed E-state index contributed by atoms with van der Waals surface area (Å²) in [6.45, 7) is 1.45. The minimum absolute atomic E-state index is 0.245. The molecule has 6 nitrogen and oxygen atoms in total. The zero-order valence-corrected chi connectivity index (χ0v) is 16.3. The monoisotopic (exact) mass is 427 g/mol. The van der Waals surface area contributed by atoms with Gasteiger partial charge in [-0.05, 0) is 42.3 Å². The predicted molar refractivity (Wildman–Crippen MR) is 105 cm³/mol. The molecular weight excluding hydrogens is 406 g/mol. The Morgan fingerprint density at radius 3 is 2.33 bits per heavy atom. The lowest BCUT2D eigenvalue weighted by Crippen LogP contribution is -2.32. The van der Waals surface area contributed by atoms with Crippen LogP contribution in [0.2, 0.25) is 0 Å². The zero-order chi connectivity index (χ0) is 22.3. The topological polar surface area (TPSA) is 79.5 Å². The molecule has 0 heterocycles. The Morgan fingerprint density at radius 1 is 1.03 bits per heavy atom. The van der Waals surface area contributed by atoms with Gasteiger partial charge < -0.3 is 20.7 Å². The van der Waals surface area contributed by atoms with Crippen LogP contribution < -0.4 is 16.0 Å². The molecule has 2 rings (SSSR count). The molecule has 10 heteroatoms. The van der Waals surface area contributed by atoms with Crippen molar-refractivity contribution in [2.75, 3.05) is 22.6 Å². The minimum atomic E-state index is -4.22. The standard InChI is InChI=1S/C20H21F4N3O3/c1-12-6-7-16(9-17(12)25-13(2)28)27-19(29)26-15-5-3-4-14(8-15)10-30-11-20(23,24)18(21)22/h3-9,18H,10-11H2,1-2H3,(H,25,28)(H2,26,27,29). The second-order valence-corrected chi connectivity index (χ2v) is 6.54. The molecule has 0 aliphatic carbocycles. The highest BCUT2D eigenvalue weighted by molar-refractivity contribution is 6.00. The first-order valence-corrected chi connectivity index (χ1v) is 8.86. The third kappa shape index (κ3) is 7.03. The molecule has 3 amide bonds. The maximum atomic E-state index is 12.9. The van der Waals surface area contributed by atoms with Crippen LogP contribution in [0.25, 0.3) is 0 Å². The number of carbonyl (C=O) groups excluding carboxylic acids is 2. The van der Waals surface area contributed by atoms with Crippen molar-refractivity contribution in [3.05, 3.63) is 53.6 Å². The van der Waals surface area contributed by atoms with Crippen molar-refractivity contribution in [3.8, 4) is 0 Å². The molecule has 0 spiro atoms. The number of carbonyl (C=O) groups is 2. The largest absolute Gasteiger partial charge is 0.370 e. The molecule has 0 saturated heterocycles. The number of alkyl halides is 4. The van der Waals surface area contributed by atoms with E-state index in [-0.39, 0.29) is 12.5 Å². The third-order valence-electron chi connectivity index (χ3n) is 3.87. The first-order chi connectivity index (χ1) is 14.1. The summed E-state index contributed by atoms with van der Waals surface area (Å²) >= 11 is 0. The van der Waals surface area contributed by atoms with Crippen LogP contribution in [0.3, 0.4) is 0 Å². The van der Waals surface area contributed by atoms with E-state index in [1.54, 1.807) is 43.3 Å². The van der Waals surface area contributed by atoms with Crippen molar-refractivity contribution < 1.29 is 31.9 Å². The lowest BCUT2D eigenvalue weighted by atomic mass is 10.2. The van der Waals surface area contributed by atoms with Gasteiger partial charge in [0.25, 0.3) is 0 Å². The number of nitrogens with one attached hydrogen (secondary N) is 3. The first-order valence-electron chi connectivity index (χ1n) is 8.86. The van der Waals surface area contributed by atoms with Gasteiger partial charge in [-0.15, -0.1) is 0 Å². The lowest BCUT2D eigenvalue weighted by molar-refractivity contribution is -0.168. The summed E-state index contributed by atoms with van der Waals surface area (Å²) in [5.41, 5.74) is 2.58. The maximum absolute atomic E-state index is 12.9. The van der Waals surface area contributed by atoms with Gasteiger partial charge in [-0.3, -0.25) is 4.79 Å². The summed E-state index contributed by atoms with van der Waals surface area (Å²) < 4.78 is 54.7. The molecule has 0 saturated carbocycles. The molecule has 3 N–H and O–H groups in total. The Kier molecular flexibility index (Phi) is 7.76. The number of anilines is 3. The maximum Gasteiger partial charge on any atom is 0.330 e. The van der Waals surface area contributed by atoms with Gasteiger partial charge in [0, 0.05) is 24.0 Å². The number of urea groups is 1. The van der Waals surface area contributed by atoms with Crippen LogP contribution in [0.4, 0.5) is 39.4 Å². The molecule has 2 aromatic carbocycles. The molecule has 162 valence electrons. The molecule has 0 aliphatic rings. The summed E-state index contributed by atoms with van der Waals surface area (Å²) in [6.07, 6.45) is -3.80. The van der Waals surface area contributed by atoms with Crippen LogP contribution in [0.5, 0.6) is 0 Å².